The molecule has 2 unspecified atom stereocenters. The summed E-state index contributed by atoms with van der Waals surface area (Å²) in [5.41, 5.74) is 0. The molecule has 5 nitrogen and oxygen atoms in total. The summed E-state index contributed by atoms with van der Waals surface area (Å²) < 4.78 is 0. The van der Waals surface area contributed by atoms with E-state index < -0.39 is 11.9 Å². The standard InChI is InChI=1S/C14H22N2O3/c17-13(4-1-10-5-7-15-8-6-10)16-12-3-2-11(9-12)14(18)19/h2-3,10-12,15H,1,4-9H2,(H,16,17)(H,18,19). The van der Waals surface area contributed by atoms with E-state index in [4.69, 9.17) is 5.11 Å². The van der Waals surface area contributed by atoms with Gasteiger partial charge in [0.2, 0.25) is 5.91 Å². The van der Waals surface area contributed by atoms with Crippen LogP contribution in [-0.4, -0.2) is 36.1 Å². The van der Waals surface area contributed by atoms with Crippen LogP contribution in [0.5, 0.6) is 0 Å². The summed E-state index contributed by atoms with van der Waals surface area (Å²) in [6, 6.07) is -0.110. The van der Waals surface area contributed by atoms with Gasteiger partial charge < -0.3 is 15.7 Å². The van der Waals surface area contributed by atoms with E-state index in [9.17, 15) is 9.59 Å². The van der Waals surface area contributed by atoms with Crippen molar-refractivity contribution in [1.29, 1.82) is 0 Å². The predicted molar refractivity (Wildman–Crippen MR) is 71.6 cm³/mol. The first-order chi connectivity index (χ1) is 9.15. The van der Waals surface area contributed by atoms with E-state index in [1.54, 1.807) is 12.2 Å². The molecule has 0 aromatic carbocycles. The van der Waals surface area contributed by atoms with Crippen LogP contribution < -0.4 is 10.6 Å². The van der Waals surface area contributed by atoms with Crippen molar-refractivity contribution in [2.24, 2.45) is 11.8 Å². The number of amides is 1. The molecule has 0 radical (unpaired) electrons. The number of nitrogens with one attached hydrogen (secondary N) is 2. The average Bonchev–Trinajstić information content (AvgIpc) is 2.86. The van der Waals surface area contributed by atoms with Gasteiger partial charge in [-0.1, -0.05) is 12.2 Å². The van der Waals surface area contributed by atoms with Crippen LogP contribution in [0.2, 0.25) is 0 Å². The summed E-state index contributed by atoms with van der Waals surface area (Å²) in [4.78, 5) is 22.6. The Morgan fingerprint density at radius 1 is 1.26 bits per heavy atom. The van der Waals surface area contributed by atoms with Crippen molar-refractivity contribution in [3.8, 4) is 0 Å². The molecule has 1 amide bonds. The molecule has 19 heavy (non-hydrogen) atoms. The van der Waals surface area contributed by atoms with Crippen LogP contribution in [0.3, 0.4) is 0 Å². The second kappa shape index (κ2) is 6.70. The number of hydrogen-bond acceptors (Lipinski definition) is 3. The lowest BCUT2D eigenvalue weighted by molar-refractivity contribution is -0.140. The molecule has 3 N–H and O–H groups in total. The van der Waals surface area contributed by atoms with E-state index in [2.05, 4.69) is 10.6 Å². The molecule has 5 heteroatoms. The van der Waals surface area contributed by atoms with Crippen LogP contribution in [0.4, 0.5) is 0 Å². The van der Waals surface area contributed by atoms with Crippen LogP contribution in [0.25, 0.3) is 0 Å². The third kappa shape index (κ3) is 4.35. The topological polar surface area (TPSA) is 78.4 Å². The summed E-state index contributed by atoms with van der Waals surface area (Å²) in [6.45, 7) is 2.11. The van der Waals surface area contributed by atoms with Crippen LogP contribution in [0.1, 0.15) is 32.1 Å². The van der Waals surface area contributed by atoms with E-state index in [1.807, 2.05) is 0 Å². The number of rotatable bonds is 5. The molecule has 0 saturated carbocycles. The van der Waals surface area contributed by atoms with Gasteiger partial charge in [0.25, 0.3) is 0 Å². The number of aliphatic carboxylic acids is 1. The lowest BCUT2D eigenvalue weighted by atomic mass is 9.93. The van der Waals surface area contributed by atoms with Crippen molar-refractivity contribution < 1.29 is 14.7 Å². The van der Waals surface area contributed by atoms with Gasteiger partial charge >= 0.3 is 5.97 Å². The quantitative estimate of drug-likeness (QED) is 0.646. The van der Waals surface area contributed by atoms with E-state index in [-0.39, 0.29) is 11.9 Å². The number of carbonyl (C=O) groups is 2. The van der Waals surface area contributed by atoms with Gasteiger partial charge in [-0.3, -0.25) is 9.59 Å². The van der Waals surface area contributed by atoms with Crippen molar-refractivity contribution in [1.82, 2.24) is 10.6 Å². The molecule has 2 atom stereocenters. The predicted octanol–water partition coefficient (Wildman–Crippen LogP) is 0.912. The Morgan fingerprint density at radius 3 is 2.63 bits per heavy atom. The number of carboxylic acid groups (broad SMARTS) is 1. The third-order valence-electron chi connectivity index (χ3n) is 3.99. The van der Waals surface area contributed by atoms with Crippen molar-refractivity contribution in [2.75, 3.05) is 13.1 Å². The van der Waals surface area contributed by atoms with Crippen molar-refractivity contribution >= 4 is 11.9 Å². The fourth-order valence-corrected chi connectivity index (χ4v) is 2.77. The molecular formula is C14H22N2O3. The summed E-state index contributed by atoms with van der Waals surface area (Å²) in [5.74, 6) is -0.575. The van der Waals surface area contributed by atoms with Gasteiger partial charge in [-0.25, -0.2) is 0 Å². The molecule has 0 aromatic heterocycles. The van der Waals surface area contributed by atoms with Gasteiger partial charge in [0, 0.05) is 12.5 Å². The lowest BCUT2D eigenvalue weighted by Crippen LogP contribution is -2.34. The molecular weight excluding hydrogens is 244 g/mol. The van der Waals surface area contributed by atoms with Gasteiger partial charge in [-0.05, 0) is 44.7 Å². The lowest BCUT2D eigenvalue weighted by Gasteiger charge is -2.22. The summed E-state index contributed by atoms with van der Waals surface area (Å²) in [5, 5.41) is 15.1. The molecule has 0 spiro atoms. The Balaban J connectivity index is 1.65. The highest BCUT2D eigenvalue weighted by atomic mass is 16.4. The van der Waals surface area contributed by atoms with E-state index in [0.29, 0.717) is 18.8 Å². The molecule has 2 aliphatic rings. The van der Waals surface area contributed by atoms with Crippen molar-refractivity contribution in [3.63, 3.8) is 0 Å². The Bertz CT molecular complexity index is 362. The highest BCUT2D eigenvalue weighted by Crippen LogP contribution is 2.20. The molecule has 0 bridgehead atoms. The van der Waals surface area contributed by atoms with E-state index in [1.165, 1.54) is 0 Å². The van der Waals surface area contributed by atoms with Gasteiger partial charge in [0.1, 0.15) is 0 Å². The number of carboxylic acids is 1. The highest BCUT2D eigenvalue weighted by Gasteiger charge is 2.25. The van der Waals surface area contributed by atoms with E-state index >= 15 is 0 Å². The van der Waals surface area contributed by atoms with Gasteiger partial charge in [-0.15, -0.1) is 0 Å². The second-order valence-corrected chi connectivity index (χ2v) is 5.47. The molecule has 1 heterocycles. The van der Waals surface area contributed by atoms with Crippen molar-refractivity contribution in [2.45, 2.75) is 38.1 Å². The SMILES string of the molecule is O=C(CCC1CCNCC1)NC1C=CC(C(=O)O)C1. The molecule has 1 aliphatic heterocycles. The number of piperidine rings is 1. The zero-order valence-electron chi connectivity index (χ0n) is 11.1. The first-order valence-electron chi connectivity index (χ1n) is 7.06. The summed E-state index contributed by atoms with van der Waals surface area (Å²) in [6.07, 6.45) is 7.73. The minimum absolute atomic E-state index is 0.0409. The molecule has 106 valence electrons. The second-order valence-electron chi connectivity index (χ2n) is 5.47. The average molecular weight is 266 g/mol. The third-order valence-corrected chi connectivity index (χ3v) is 3.99. The zero-order valence-corrected chi connectivity index (χ0v) is 11.1. The smallest absolute Gasteiger partial charge is 0.310 e. The van der Waals surface area contributed by atoms with Crippen molar-refractivity contribution in [3.05, 3.63) is 12.2 Å². The molecule has 1 saturated heterocycles. The molecule has 0 aromatic rings. The van der Waals surface area contributed by atoms with Gasteiger partial charge in [-0.2, -0.15) is 0 Å². The first kappa shape index (κ1) is 14.1. The maximum atomic E-state index is 11.8. The molecule has 1 aliphatic carbocycles. The monoisotopic (exact) mass is 266 g/mol. The van der Waals surface area contributed by atoms with Crippen LogP contribution in [0.15, 0.2) is 12.2 Å². The van der Waals surface area contributed by atoms with E-state index in [0.717, 1.165) is 32.4 Å². The first-order valence-corrected chi connectivity index (χ1v) is 7.06. The maximum Gasteiger partial charge on any atom is 0.310 e. The molecule has 2 rings (SSSR count). The minimum Gasteiger partial charge on any atom is -0.481 e. The highest BCUT2D eigenvalue weighted by molar-refractivity contribution is 5.77. The Hall–Kier alpha value is -1.36. The normalized spacial score (nSPS) is 27.4. The van der Waals surface area contributed by atoms with Crippen LogP contribution in [0, 0.1) is 11.8 Å². The Morgan fingerprint density at radius 2 is 2.00 bits per heavy atom. The fraction of sp³-hybridized carbons (Fsp3) is 0.714. The van der Waals surface area contributed by atoms with Gasteiger partial charge in [0.05, 0.1) is 5.92 Å². The largest absolute Gasteiger partial charge is 0.481 e. The Labute approximate surface area is 113 Å². The van der Waals surface area contributed by atoms with Crippen LogP contribution >= 0.6 is 0 Å². The fourth-order valence-electron chi connectivity index (χ4n) is 2.77. The molecule has 1 fully saturated rings. The summed E-state index contributed by atoms with van der Waals surface area (Å²) >= 11 is 0. The van der Waals surface area contributed by atoms with Crippen LogP contribution in [-0.2, 0) is 9.59 Å². The maximum absolute atomic E-state index is 11.8. The number of carbonyl (C=O) groups excluding carboxylic acids is 1. The summed E-state index contributed by atoms with van der Waals surface area (Å²) in [7, 11) is 0. The Kier molecular flexibility index (Phi) is 4.96. The number of hydrogen-bond donors (Lipinski definition) is 3. The van der Waals surface area contributed by atoms with Gasteiger partial charge in [0.15, 0.2) is 0 Å². The minimum atomic E-state index is -0.817. The zero-order chi connectivity index (χ0) is 13.7.